The molecule has 4 heterocycles. The van der Waals surface area contributed by atoms with Gasteiger partial charge in [0.2, 0.25) is 0 Å². The lowest BCUT2D eigenvalue weighted by atomic mass is 10.1. The summed E-state index contributed by atoms with van der Waals surface area (Å²) in [5.74, 6) is 1.40. The zero-order chi connectivity index (χ0) is 20.7. The standard InChI is InChI=1S/C24H24FN5/c1-16-6-7-21(19(25)12-16)30-22-15-26-9-8-20(22)28-24(30)18-14-27-23(13-17(18)2)29-10-4-3-5-11-29/h6-9,12-15H,3-5,10-11H2,1-2H3. The summed E-state index contributed by atoms with van der Waals surface area (Å²) in [6.45, 7) is 6.04. The fourth-order valence-corrected chi connectivity index (χ4v) is 4.21. The highest BCUT2D eigenvalue weighted by molar-refractivity contribution is 5.83. The van der Waals surface area contributed by atoms with E-state index in [1.165, 1.54) is 19.3 Å². The molecule has 1 saturated heterocycles. The number of nitrogens with zero attached hydrogens (tertiary/aromatic N) is 5. The van der Waals surface area contributed by atoms with Crippen molar-refractivity contribution in [3.8, 4) is 17.1 Å². The van der Waals surface area contributed by atoms with Crippen LogP contribution in [0.1, 0.15) is 30.4 Å². The lowest BCUT2D eigenvalue weighted by molar-refractivity contribution is 0.573. The first kappa shape index (κ1) is 18.7. The molecule has 0 radical (unpaired) electrons. The second-order valence-electron chi connectivity index (χ2n) is 8.00. The number of benzene rings is 1. The molecule has 1 aliphatic rings. The van der Waals surface area contributed by atoms with Crippen molar-refractivity contribution in [2.45, 2.75) is 33.1 Å². The number of fused-ring (bicyclic) bond motifs is 1. The van der Waals surface area contributed by atoms with E-state index in [0.717, 1.165) is 46.6 Å². The largest absolute Gasteiger partial charge is 0.357 e. The fourth-order valence-electron chi connectivity index (χ4n) is 4.21. The summed E-state index contributed by atoms with van der Waals surface area (Å²) in [6.07, 6.45) is 9.01. The van der Waals surface area contributed by atoms with Gasteiger partial charge in [-0.05, 0) is 68.5 Å². The average molecular weight is 401 g/mol. The van der Waals surface area contributed by atoms with Gasteiger partial charge in [-0.15, -0.1) is 0 Å². The van der Waals surface area contributed by atoms with Crippen LogP contribution in [0.15, 0.2) is 48.9 Å². The van der Waals surface area contributed by atoms with Crippen LogP contribution < -0.4 is 4.90 Å². The van der Waals surface area contributed by atoms with Crippen molar-refractivity contribution in [1.82, 2.24) is 19.5 Å². The maximum absolute atomic E-state index is 15.0. The minimum Gasteiger partial charge on any atom is -0.357 e. The molecule has 0 saturated carbocycles. The minimum absolute atomic E-state index is 0.282. The van der Waals surface area contributed by atoms with Crippen LogP contribution in [-0.4, -0.2) is 32.6 Å². The summed E-state index contributed by atoms with van der Waals surface area (Å²) >= 11 is 0. The Morgan fingerprint density at radius 1 is 0.967 bits per heavy atom. The highest BCUT2D eigenvalue weighted by atomic mass is 19.1. The molecule has 1 aromatic carbocycles. The predicted molar refractivity (Wildman–Crippen MR) is 118 cm³/mol. The van der Waals surface area contributed by atoms with Crippen LogP contribution in [0, 0.1) is 19.7 Å². The molecule has 1 fully saturated rings. The summed E-state index contributed by atoms with van der Waals surface area (Å²) < 4.78 is 16.8. The molecule has 6 heteroatoms. The number of imidazole rings is 1. The van der Waals surface area contributed by atoms with Crippen LogP contribution in [0.4, 0.5) is 10.2 Å². The predicted octanol–water partition coefficient (Wildman–Crippen LogP) is 5.23. The van der Waals surface area contributed by atoms with E-state index in [0.29, 0.717) is 11.5 Å². The summed E-state index contributed by atoms with van der Waals surface area (Å²) in [6, 6.07) is 9.23. The van der Waals surface area contributed by atoms with Crippen molar-refractivity contribution in [2.24, 2.45) is 0 Å². The maximum atomic E-state index is 15.0. The first-order chi connectivity index (χ1) is 14.6. The number of piperidine rings is 1. The van der Waals surface area contributed by atoms with Gasteiger partial charge in [0, 0.05) is 31.0 Å². The number of aryl methyl sites for hydroxylation is 2. The molecule has 0 atom stereocenters. The number of aromatic nitrogens is 4. The molecule has 152 valence electrons. The summed E-state index contributed by atoms with van der Waals surface area (Å²) in [7, 11) is 0. The Hall–Kier alpha value is -3.28. The van der Waals surface area contributed by atoms with Crippen molar-refractivity contribution in [1.29, 1.82) is 0 Å². The van der Waals surface area contributed by atoms with Gasteiger partial charge in [0.25, 0.3) is 0 Å². The third kappa shape index (κ3) is 3.22. The number of halogens is 1. The van der Waals surface area contributed by atoms with Crippen molar-refractivity contribution >= 4 is 16.9 Å². The first-order valence-electron chi connectivity index (χ1n) is 10.4. The normalized spacial score (nSPS) is 14.4. The van der Waals surface area contributed by atoms with Crippen LogP contribution in [0.3, 0.4) is 0 Å². The number of rotatable bonds is 3. The molecule has 5 nitrogen and oxygen atoms in total. The molecular formula is C24H24FN5. The number of hydrogen-bond donors (Lipinski definition) is 0. The Bertz CT molecular complexity index is 1220. The zero-order valence-corrected chi connectivity index (χ0v) is 17.3. The van der Waals surface area contributed by atoms with Crippen molar-refractivity contribution in [2.75, 3.05) is 18.0 Å². The van der Waals surface area contributed by atoms with Crippen LogP contribution in [0.5, 0.6) is 0 Å². The Morgan fingerprint density at radius 3 is 2.57 bits per heavy atom. The lowest BCUT2D eigenvalue weighted by Gasteiger charge is -2.28. The maximum Gasteiger partial charge on any atom is 0.147 e. The second kappa shape index (κ2) is 7.52. The first-order valence-corrected chi connectivity index (χ1v) is 10.4. The van der Waals surface area contributed by atoms with Gasteiger partial charge in [-0.3, -0.25) is 9.55 Å². The molecule has 0 N–H and O–H groups in total. The summed E-state index contributed by atoms with van der Waals surface area (Å²) in [4.78, 5) is 16.2. The molecule has 30 heavy (non-hydrogen) atoms. The topological polar surface area (TPSA) is 46.8 Å². The van der Waals surface area contributed by atoms with Gasteiger partial charge in [0.15, 0.2) is 0 Å². The smallest absolute Gasteiger partial charge is 0.147 e. The highest BCUT2D eigenvalue weighted by Crippen LogP contribution is 2.32. The summed E-state index contributed by atoms with van der Waals surface area (Å²) in [5, 5.41) is 0. The molecule has 4 aromatic rings. The third-order valence-electron chi connectivity index (χ3n) is 5.82. The van der Waals surface area contributed by atoms with E-state index >= 15 is 0 Å². The van der Waals surface area contributed by atoms with Gasteiger partial charge in [-0.25, -0.2) is 14.4 Å². The number of hydrogen-bond acceptors (Lipinski definition) is 4. The Balaban J connectivity index is 1.68. The van der Waals surface area contributed by atoms with Crippen molar-refractivity contribution < 1.29 is 4.39 Å². The second-order valence-corrected chi connectivity index (χ2v) is 8.00. The molecule has 0 amide bonds. The van der Waals surface area contributed by atoms with Crippen molar-refractivity contribution in [3.05, 3.63) is 65.9 Å². The van der Waals surface area contributed by atoms with Crippen LogP contribution in [0.25, 0.3) is 28.1 Å². The highest BCUT2D eigenvalue weighted by Gasteiger charge is 2.20. The fraction of sp³-hybridized carbons (Fsp3) is 0.292. The average Bonchev–Trinajstić information content (AvgIpc) is 3.13. The monoisotopic (exact) mass is 401 g/mol. The van der Waals surface area contributed by atoms with E-state index in [1.807, 2.05) is 29.8 Å². The zero-order valence-electron chi connectivity index (χ0n) is 17.3. The minimum atomic E-state index is -0.282. The van der Waals surface area contributed by atoms with E-state index in [1.54, 1.807) is 24.5 Å². The van der Waals surface area contributed by atoms with Gasteiger partial charge < -0.3 is 4.90 Å². The molecule has 3 aromatic heterocycles. The van der Waals surface area contributed by atoms with Gasteiger partial charge in [0.05, 0.1) is 22.9 Å². The Morgan fingerprint density at radius 2 is 1.80 bits per heavy atom. The third-order valence-corrected chi connectivity index (χ3v) is 5.82. The lowest BCUT2D eigenvalue weighted by Crippen LogP contribution is -2.30. The van der Waals surface area contributed by atoms with E-state index in [-0.39, 0.29) is 5.82 Å². The van der Waals surface area contributed by atoms with Crippen LogP contribution >= 0.6 is 0 Å². The van der Waals surface area contributed by atoms with E-state index in [4.69, 9.17) is 9.97 Å². The number of pyridine rings is 2. The SMILES string of the molecule is Cc1ccc(-n2c(-c3cnc(N4CCCCC4)cc3C)nc3ccncc32)c(F)c1. The van der Waals surface area contributed by atoms with Crippen LogP contribution in [-0.2, 0) is 0 Å². The quantitative estimate of drug-likeness (QED) is 0.472. The van der Waals surface area contributed by atoms with Crippen LogP contribution in [0.2, 0.25) is 0 Å². The molecular weight excluding hydrogens is 377 g/mol. The van der Waals surface area contributed by atoms with E-state index in [9.17, 15) is 4.39 Å². The van der Waals surface area contributed by atoms with Gasteiger partial charge >= 0.3 is 0 Å². The van der Waals surface area contributed by atoms with Gasteiger partial charge in [-0.1, -0.05) is 6.07 Å². The molecule has 0 bridgehead atoms. The molecule has 0 spiro atoms. The molecule has 5 rings (SSSR count). The van der Waals surface area contributed by atoms with Crippen molar-refractivity contribution in [3.63, 3.8) is 0 Å². The Labute approximate surface area is 175 Å². The van der Waals surface area contributed by atoms with Gasteiger partial charge in [-0.2, -0.15) is 0 Å². The molecule has 0 aliphatic carbocycles. The van der Waals surface area contributed by atoms with E-state index < -0.39 is 0 Å². The van der Waals surface area contributed by atoms with E-state index in [2.05, 4.69) is 22.9 Å². The van der Waals surface area contributed by atoms with Gasteiger partial charge in [0.1, 0.15) is 17.5 Å². The Kier molecular flexibility index (Phi) is 4.69. The number of anilines is 1. The molecule has 1 aliphatic heterocycles. The summed E-state index contributed by atoms with van der Waals surface area (Å²) in [5.41, 5.74) is 4.86. The molecule has 0 unspecified atom stereocenters.